The minimum atomic E-state index is -0.499. The minimum absolute atomic E-state index is 0.260. The molecule has 0 aliphatic carbocycles. The van der Waals surface area contributed by atoms with Gasteiger partial charge in [-0.1, -0.05) is 24.8 Å². The summed E-state index contributed by atoms with van der Waals surface area (Å²) in [5.41, 5.74) is 3.26. The highest BCUT2D eigenvalue weighted by Gasteiger charge is 2.07. The molecular weight excluding hydrogens is 337 g/mol. The van der Waals surface area contributed by atoms with Crippen molar-refractivity contribution in [3.63, 3.8) is 0 Å². The molecule has 2 amide bonds. The van der Waals surface area contributed by atoms with Crippen molar-refractivity contribution in [1.82, 2.24) is 10.7 Å². The van der Waals surface area contributed by atoms with Crippen LogP contribution in [0.2, 0.25) is 0 Å². The molecule has 2 aromatic carbocycles. The van der Waals surface area contributed by atoms with Crippen LogP contribution < -0.4 is 15.5 Å². The maximum absolute atomic E-state index is 12.8. The lowest BCUT2D eigenvalue weighted by atomic mass is 10.2. The zero-order chi connectivity index (χ0) is 18.8. The van der Waals surface area contributed by atoms with Crippen molar-refractivity contribution >= 4 is 18.0 Å². The fourth-order valence-corrected chi connectivity index (χ4v) is 1.94. The van der Waals surface area contributed by atoms with Gasteiger partial charge in [0.25, 0.3) is 11.8 Å². The monoisotopic (exact) mass is 355 g/mol. The molecule has 2 rings (SSSR count). The number of rotatable bonds is 8. The van der Waals surface area contributed by atoms with E-state index in [1.54, 1.807) is 18.2 Å². The van der Waals surface area contributed by atoms with Gasteiger partial charge in [-0.25, -0.2) is 9.82 Å². The summed E-state index contributed by atoms with van der Waals surface area (Å²) in [7, 11) is 0. The molecule has 0 bridgehead atoms. The SMILES string of the molecule is C=CCOc1ccccc1C=NNC(=O)CNC(=O)c1ccc(F)cc1. The van der Waals surface area contributed by atoms with Crippen molar-refractivity contribution < 1.29 is 18.7 Å². The largest absolute Gasteiger partial charge is 0.489 e. The van der Waals surface area contributed by atoms with Crippen LogP contribution in [0, 0.1) is 5.82 Å². The van der Waals surface area contributed by atoms with E-state index >= 15 is 0 Å². The van der Waals surface area contributed by atoms with E-state index in [1.165, 1.54) is 30.5 Å². The van der Waals surface area contributed by atoms with E-state index in [9.17, 15) is 14.0 Å². The second-order valence-corrected chi connectivity index (χ2v) is 5.12. The molecule has 0 heterocycles. The number of halogens is 1. The standard InChI is InChI=1S/C19H18FN3O3/c1-2-11-26-17-6-4-3-5-15(17)12-22-23-18(24)13-21-19(25)14-7-9-16(20)10-8-14/h2-10,12H,1,11,13H2,(H,21,25)(H,23,24). The van der Waals surface area contributed by atoms with Crippen molar-refractivity contribution in [2.24, 2.45) is 5.10 Å². The van der Waals surface area contributed by atoms with Gasteiger partial charge in [0.15, 0.2) is 0 Å². The van der Waals surface area contributed by atoms with Crippen LogP contribution in [0.4, 0.5) is 4.39 Å². The molecule has 0 fully saturated rings. The number of para-hydroxylation sites is 1. The molecular formula is C19H18FN3O3. The van der Waals surface area contributed by atoms with E-state index < -0.39 is 17.6 Å². The smallest absolute Gasteiger partial charge is 0.259 e. The zero-order valence-corrected chi connectivity index (χ0v) is 13.9. The van der Waals surface area contributed by atoms with E-state index in [0.717, 1.165) is 0 Å². The van der Waals surface area contributed by atoms with Crippen molar-refractivity contribution in [2.75, 3.05) is 13.2 Å². The molecule has 0 aromatic heterocycles. The van der Waals surface area contributed by atoms with E-state index in [4.69, 9.17) is 4.74 Å². The molecule has 0 aliphatic rings. The second kappa shape index (κ2) is 9.73. The van der Waals surface area contributed by atoms with Gasteiger partial charge < -0.3 is 10.1 Å². The van der Waals surface area contributed by atoms with E-state index in [2.05, 4.69) is 22.4 Å². The third-order valence-electron chi connectivity index (χ3n) is 3.18. The predicted octanol–water partition coefficient (Wildman–Crippen LogP) is 2.27. The topological polar surface area (TPSA) is 79.8 Å². The predicted molar refractivity (Wildman–Crippen MR) is 96.6 cm³/mol. The van der Waals surface area contributed by atoms with Crippen LogP contribution in [-0.4, -0.2) is 31.2 Å². The van der Waals surface area contributed by atoms with Gasteiger partial charge in [-0.2, -0.15) is 5.10 Å². The zero-order valence-electron chi connectivity index (χ0n) is 13.9. The molecule has 6 nitrogen and oxygen atoms in total. The Kier molecular flexibility index (Phi) is 7.05. The first-order chi connectivity index (χ1) is 12.6. The third-order valence-corrected chi connectivity index (χ3v) is 3.18. The van der Waals surface area contributed by atoms with Gasteiger partial charge in [0.05, 0.1) is 12.8 Å². The summed E-state index contributed by atoms with van der Waals surface area (Å²) in [5.74, 6) is -0.811. The molecule has 2 N–H and O–H groups in total. The molecule has 0 saturated carbocycles. The van der Waals surface area contributed by atoms with Gasteiger partial charge in [0, 0.05) is 11.1 Å². The maximum Gasteiger partial charge on any atom is 0.259 e. The first-order valence-corrected chi connectivity index (χ1v) is 7.78. The first kappa shape index (κ1) is 18.9. The highest BCUT2D eigenvalue weighted by atomic mass is 19.1. The van der Waals surface area contributed by atoms with Crippen LogP contribution in [0.5, 0.6) is 5.75 Å². The molecule has 0 unspecified atom stereocenters. The Bertz CT molecular complexity index is 804. The van der Waals surface area contributed by atoms with Crippen LogP contribution in [0.3, 0.4) is 0 Å². The summed E-state index contributed by atoms with van der Waals surface area (Å²) in [6.45, 7) is 3.67. The molecule has 0 spiro atoms. The Labute approximate surface area is 150 Å². The summed E-state index contributed by atoms with van der Waals surface area (Å²) < 4.78 is 18.3. The lowest BCUT2D eigenvalue weighted by Gasteiger charge is -2.06. The lowest BCUT2D eigenvalue weighted by Crippen LogP contribution is -2.34. The average Bonchev–Trinajstić information content (AvgIpc) is 2.66. The Balaban J connectivity index is 1.83. The maximum atomic E-state index is 12.8. The van der Waals surface area contributed by atoms with Crippen molar-refractivity contribution in [3.05, 3.63) is 78.1 Å². The number of carbonyl (C=O) groups excluding carboxylic acids is 2. The van der Waals surface area contributed by atoms with Crippen molar-refractivity contribution in [1.29, 1.82) is 0 Å². The van der Waals surface area contributed by atoms with Gasteiger partial charge in [-0.15, -0.1) is 0 Å². The Hall–Kier alpha value is -3.48. The highest BCUT2D eigenvalue weighted by molar-refractivity contribution is 5.96. The molecule has 134 valence electrons. The quantitative estimate of drug-likeness (QED) is 0.433. The number of benzene rings is 2. The Morgan fingerprint density at radius 3 is 2.62 bits per heavy atom. The fourth-order valence-electron chi connectivity index (χ4n) is 1.94. The third kappa shape index (κ3) is 5.86. The number of carbonyl (C=O) groups is 2. The lowest BCUT2D eigenvalue weighted by molar-refractivity contribution is -0.120. The molecule has 0 aliphatic heterocycles. The Morgan fingerprint density at radius 2 is 1.88 bits per heavy atom. The van der Waals surface area contributed by atoms with Crippen LogP contribution in [0.15, 0.2) is 66.3 Å². The molecule has 26 heavy (non-hydrogen) atoms. The van der Waals surface area contributed by atoms with Gasteiger partial charge in [-0.3, -0.25) is 9.59 Å². The summed E-state index contributed by atoms with van der Waals surface area (Å²) in [5, 5.41) is 6.26. The van der Waals surface area contributed by atoms with E-state index in [1.807, 2.05) is 12.1 Å². The van der Waals surface area contributed by atoms with Crippen LogP contribution >= 0.6 is 0 Å². The number of nitrogens with zero attached hydrogens (tertiary/aromatic N) is 1. The van der Waals surface area contributed by atoms with Gasteiger partial charge in [0.1, 0.15) is 18.2 Å². The summed E-state index contributed by atoms with van der Waals surface area (Å²) >= 11 is 0. The number of hydrogen-bond donors (Lipinski definition) is 2. The van der Waals surface area contributed by atoms with E-state index in [-0.39, 0.29) is 12.1 Å². The molecule has 0 atom stereocenters. The number of nitrogens with one attached hydrogen (secondary N) is 2. The van der Waals surface area contributed by atoms with Crippen LogP contribution in [0.25, 0.3) is 0 Å². The summed E-state index contributed by atoms with van der Waals surface area (Å²) in [6, 6.07) is 12.2. The number of ether oxygens (including phenoxy) is 1. The van der Waals surface area contributed by atoms with Crippen LogP contribution in [0.1, 0.15) is 15.9 Å². The molecule has 0 radical (unpaired) electrons. The number of hydrazone groups is 1. The Morgan fingerprint density at radius 1 is 1.15 bits per heavy atom. The number of hydrogen-bond acceptors (Lipinski definition) is 4. The van der Waals surface area contributed by atoms with Gasteiger partial charge in [-0.05, 0) is 36.4 Å². The highest BCUT2D eigenvalue weighted by Crippen LogP contribution is 2.15. The minimum Gasteiger partial charge on any atom is -0.489 e. The normalized spacial score (nSPS) is 10.3. The summed E-state index contributed by atoms with van der Waals surface area (Å²) in [4.78, 5) is 23.6. The van der Waals surface area contributed by atoms with E-state index in [0.29, 0.717) is 17.9 Å². The van der Waals surface area contributed by atoms with Crippen LogP contribution in [-0.2, 0) is 4.79 Å². The first-order valence-electron chi connectivity index (χ1n) is 7.78. The van der Waals surface area contributed by atoms with Crippen molar-refractivity contribution in [3.8, 4) is 5.75 Å². The van der Waals surface area contributed by atoms with Crippen molar-refractivity contribution in [2.45, 2.75) is 0 Å². The second-order valence-electron chi connectivity index (χ2n) is 5.12. The average molecular weight is 355 g/mol. The number of amides is 2. The van der Waals surface area contributed by atoms with Gasteiger partial charge in [0.2, 0.25) is 0 Å². The molecule has 7 heteroatoms. The van der Waals surface area contributed by atoms with Gasteiger partial charge >= 0.3 is 0 Å². The molecule has 0 saturated heterocycles. The fraction of sp³-hybridized carbons (Fsp3) is 0.105. The molecule has 2 aromatic rings. The summed E-state index contributed by atoms with van der Waals surface area (Å²) in [6.07, 6.45) is 3.07.